The van der Waals surface area contributed by atoms with Gasteiger partial charge in [0.2, 0.25) is 5.91 Å². The average molecular weight is 403 g/mol. The number of aryl methyl sites for hydroxylation is 1. The first kappa shape index (κ1) is 20.8. The first-order valence-corrected chi connectivity index (χ1v) is 9.42. The molecular formula is C20H25N3O6. The summed E-state index contributed by atoms with van der Waals surface area (Å²) in [6.07, 6.45) is 0.0964. The van der Waals surface area contributed by atoms with Crippen molar-refractivity contribution in [3.63, 3.8) is 0 Å². The third-order valence-electron chi connectivity index (χ3n) is 4.96. The van der Waals surface area contributed by atoms with Crippen LogP contribution in [0.15, 0.2) is 40.1 Å². The number of hydrogen-bond donors (Lipinski definition) is 3. The molecule has 9 nitrogen and oxygen atoms in total. The smallest absolute Gasteiger partial charge is 0.330 e. The molecule has 1 saturated heterocycles. The molecule has 3 atom stereocenters. The maximum atomic E-state index is 12.1. The molecule has 3 N–H and O–H groups in total. The topological polar surface area (TPSA) is 123 Å². The molecule has 1 fully saturated rings. The van der Waals surface area contributed by atoms with Gasteiger partial charge in [-0.15, -0.1) is 0 Å². The number of carbonyl (C=O) groups excluding carboxylic acids is 1. The lowest BCUT2D eigenvalue weighted by atomic mass is 10.1. The van der Waals surface area contributed by atoms with E-state index in [0.717, 1.165) is 11.3 Å². The Kier molecular flexibility index (Phi) is 6.50. The van der Waals surface area contributed by atoms with Crippen LogP contribution in [0.25, 0.3) is 0 Å². The number of nitrogens with one attached hydrogen (secondary N) is 2. The van der Waals surface area contributed by atoms with E-state index in [0.29, 0.717) is 18.5 Å². The third-order valence-corrected chi connectivity index (χ3v) is 4.96. The van der Waals surface area contributed by atoms with E-state index in [1.165, 1.54) is 10.8 Å². The summed E-state index contributed by atoms with van der Waals surface area (Å²) in [6.45, 7) is 1.98. The molecule has 156 valence electrons. The highest BCUT2D eigenvalue weighted by Gasteiger charge is 2.35. The third kappa shape index (κ3) is 5.12. The minimum atomic E-state index is -0.798. The highest BCUT2D eigenvalue weighted by molar-refractivity contribution is 5.75. The maximum Gasteiger partial charge on any atom is 0.330 e. The number of aliphatic hydroxyl groups excluding tert-OH is 1. The van der Waals surface area contributed by atoms with Crippen LogP contribution in [0.5, 0.6) is 5.75 Å². The van der Waals surface area contributed by atoms with Crippen molar-refractivity contribution in [3.8, 4) is 5.75 Å². The summed E-state index contributed by atoms with van der Waals surface area (Å²) in [5.74, 6) is 0.593. The van der Waals surface area contributed by atoms with Gasteiger partial charge in [0, 0.05) is 31.1 Å². The number of amides is 1. The quantitative estimate of drug-likeness (QED) is 0.622. The van der Waals surface area contributed by atoms with E-state index >= 15 is 0 Å². The predicted octanol–water partition coefficient (Wildman–Crippen LogP) is 0.599. The predicted molar refractivity (Wildman–Crippen MR) is 105 cm³/mol. The van der Waals surface area contributed by atoms with Gasteiger partial charge in [-0.3, -0.25) is 19.1 Å². The molecule has 29 heavy (non-hydrogen) atoms. The van der Waals surface area contributed by atoms with Gasteiger partial charge >= 0.3 is 5.69 Å². The fourth-order valence-corrected chi connectivity index (χ4v) is 3.25. The van der Waals surface area contributed by atoms with Crippen molar-refractivity contribution in [1.29, 1.82) is 0 Å². The lowest BCUT2D eigenvalue weighted by Gasteiger charge is -2.16. The standard InChI is InChI=1S/C20H25N3O6/c1-12-11-23(20(27)22-19(12)26)18-9-15(24)16(29-18)7-8-17(25)21-10-13-3-5-14(28-2)6-4-13/h3-6,11,15-16,18,24H,7-10H2,1-2H3,(H,21,25)(H,22,26,27)/t15-,16+,18+/m0/s1. The van der Waals surface area contributed by atoms with Gasteiger partial charge < -0.3 is 19.9 Å². The SMILES string of the molecule is COc1ccc(CNC(=O)CC[C@H]2O[C@@H](n3cc(C)c(=O)[nH]c3=O)C[C@@H]2O)cc1. The van der Waals surface area contributed by atoms with E-state index in [1.807, 2.05) is 24.3 Å². The van der Waals surface area contributed by atoms with Crippen molar-refractivity contribution in [2.75, 3.05) is 7.11 Å². The van der Waals surface area contributed by atoms with Crippen LogP contribution in [0, 0.1) is 6.92 Å². The van der Waals surface area contributed by atoms with Gasteiger partial charge in [-0.05, 0) is 31.0 Å². The molecule has 1 aromatic heterocycles. The maximum absolute atomic E-state index is 12.1. The summed E-state index contributed by atoms with van der Waals surface area (Å²) < 4.78 is 12.1. The van der Waals surface area contributed by atoms with Crippen molar-refractivity contribution >= 4 is 5.91 Å². The normalized spacial score (nSPS) is 21.1. The van der Waals surface area contributed by atoms with E-state index in [2.05, 4.69) is 10.3 Å². The average Bonchev–Trinajstić information content (AvgIpc) is 3.08. The monoisotopic (exact) mass is 403 g/mol. The van der Waals surface area contributed by atoms with E-state index < -0.39 is 29.7 Å². The number of methoxy groups -OCH3 is 1. The number of aromatic nitrogens is 2. The zero-order valence-corrected chi connectivity index (χ0v) is 16.4. The van der Waals surface area contributed by atoms with Gasteiger partial charge in [-0.2, -0.15) is 0 Å². The van der Waals surface area contributed by atoms with Crippen LogP contribution < -0.4 is 21.3 Å². The fourth-order valence-electron chi connectivity index (χ4n) is 3.25. The summed E-state index contributed by atoms with van der Waals surface area (Å²) in [5, 5.41) is 13.1. The fraction of sp³-hybridized carbons (Fsp3) is 0.450. The Morgan fingerprint density at radius 2 is 2.07 bits per heavy atom. The molecule has 0 bridgehead atoms. The summed E-state index contributed by atoms with van der Waals surface area (Å²) >= 11 is 0. The van der Waals surface area contributed by atoms with E-state index in [-0.39, 0.29) is 18.7 Å². The van der Waals surface area contributed by atoms with Crippen molar-refractivity contribution in [2.45, 2.75) is 51.2 Å². The zero-order valence-electron chi connectivity index (χ0n) is 16.4. The largest absolute Gasteiger partial charge is 0.497 e. The second-order valence-electron chi connectivity index (χ2n) is 7.07. The molecule has 2 heterocycles. The van der Waals surface area contributed by atoms with E-state index in [9.17, 15) is 19.5 Å². The molecule has 1 amide bonds. The van der Waals surface area contributed by atoms with Crippen LogP contribution in [0.1, 0.15) is 36.6 Å². The molecule has 1 aromatic carbocycles. The van der Waals surface area contributed by atoms with Gasteiger partial charge in [0.15, 0.2) is 0 Å². The minimum absolute atomic E-state index is 0.155. The Balaban J connectivity index is 1.50. The van der Waals surface area contributed by atoms with Crippen LogP contribution in [-0.2, 0) is 16.1 Å². The first-order chi connectivity index (χ1) is 13.9. The van der Waals surface area contributed by atoms with Crippen LogP contribution in [0.3, 0.4) is 0 Å². The molecule has 0 saturated carbocycles. The molecule has 0 unspecified atom stereocenters. The number of benzene rings is 1. The molecule has 9 heteroatoms. The molecule has 1 aliphatic rings. The molecule has 1 aliphatic heterocycles. The molecule has 3 rings (SSSR count). The van der Waals surface area contributed by atoms with Gasteiger partial charge in [0.1, 0.15) is 12.0 Å². The van der Waals surface area contributed by atoms with Crippen molar-refractivity contribution < 1.29 is 19.4 Å². The molecule has 0 radical (unpaired) electrons. The van der Waals surface area contributed by atoms with Crippen LogP contribution >= 0.6 is 0 Å². The number of nitrogens with zero attached hydrogens (tertiary/aromatic N) is 1. The highest BCUT2D eigenvalue weighted by atomic mass is 16.5. The Labute approximate surface area is 167 Å². The number of H-pyrrole nitrogens is 1. The second kappa shape index (κ2) is 9.06. The second-order valence-corrected chi connectivity index (χ2v) is 7.07. The Bertz CT molecular complexity index is 965. The number of carbonyl (C=O) groups is 1. The van der Waals surface area contributed by atoms with Crippen LogP contribution in [-0.4, -0.2) is 39.9 Å². The molecule has 0 spiro atoms. The van der Waals surface area contributed by atoms with E-state index in [4.69, 9.17) is 9.47 Å². The van der Waals surface area contributed by atoms with Crippen molar-refractivity contribution in [3.05, 3.63) is 62.4 Å². The summed E-state index contributed by atoms with van der Waals surface area (Å²) in [5.41, 5.74) is 0.291. The van der Waals surface area contributed by atoms with Crippen LogP contribution in [0.2, 0.25) is 0 Å². The molecular weight excluding hydrogens is 378 g/mol. The number of aliphatic hydroxyl groups is 1. The first-order valence-electron chi connectivity index (χ1n) is 9.42. The Morgan fingerprint density at radius 1 is 1.34 bits per heavy atom. The Morgan fingerprint density at radius 3 is 2.76 bits per heavy atom. The van der Waals surface area contributed by atoms with Crippen molar-refractivity contribution in [1.82, 2.24) is 14.9 Å². The summed E-state index contributed by atoms with van der Waals surface area (Å²) in [4.78, 5) is 37.8. The van der Waals surface area contributed by atoms with Gasteiger partial charge in [-0.1, -0.05) is 12.1 Å². The highest BCUT2D eigenvalue weighted by Crippen LogP contribution is 2.30. The summed E-state index contributed by atoms with van der Waals surface area (Å²) in [6, 6.07) is 7.39. The number of hydrogen-bond acceptors (Lipinski definition) is 6. The lowest BCUT2D eigenvalue weighted by molar-refractivity contribution is -0.122. The zero-order chi connectivity index (χ0) is 21.0. The Hall–Kier alpha value is -2.91. The minimum Gasteiger partial charge on any atom is -0.497 e. The van der Waals surface area contributed by atoms with Gasteiger partial charge in [0.05, 0.1) is 19.3 Å². The van der Waals surface area contributed by atoms with Gasteiger partial charge in [0.25, 0.3) is 5.56 Å². The lowest BCUT2D eigenvalue weighted by Crippen LogP contribution is -2.33. The number of ether oxygens (including phenoxy) is 2. The molecule has 2 aromatic rings. The molecule has 0 aliphatic carbocycles. The summed E-state index contributed by atoms with van der Waals surface area (Å²) in [7, 11) is 1.59. The number of aromatic amines is 1. The number of rotatable bonds is 7. The van der Waals surface area contributed by atoms with Crippen molar-refractivity contribution in [2.24, 2.45) is 0 Å². The van der Waals surface area contributed by atoms with Crippen LogP contribution in [0.4, 0.5) is 0 Å². The van der Waals surface area contributed by atoms with Gasteiger partial charge in [-0.25, -0.2) is 4.79 Å². The van der Waals surface area contributed by atoms with E-state index in [1.54, 1.807) is 14.0 Å².